The van der Waals surface area contributed by atoms with Crippen molar-refractivity contribution in [3.8, 4) is 6.07 Å². The van der Waals surface area contributed by atoms with Crippen molar-refractivity contribution in [3.05, 3.63) is 71.9 Å². The molecule has 2 aromatic carbocycles. The summed E-state index contributed by atoms with van der Waals surface area (Å²) in [5.41, 5.74) is 4.62. The van der Waals surface area contributed by atoms with Crippen molar-refractivity contribution < 1.29 is 14.7 Å². The van der Waals surface area contributed by atoms with Gasteiger partial charge in [0, 0.05) is 24.5 Å². The number of amides is 1. The van der Waals surface area contributed by atoms with Crippen molar-refractivity contribution in [2.45, 2.75) is 32.5 Å². The zero-order valence-corrected chi connectivity index (χ0v) is 20.4. The lowest BCUT2D eigenvalue weighted by molar-refractivity contribution is -0.138. The first-order chi connectivity index (χ1) is 17.4. The molecule has 0 spiro atoms. The number of nitrogens with zero attached hydrogens (tertiary/aromatic N) is 5. The summed E-state index contributed by atoms with van der Waals surface area (Å²) < 4.78 is 0. The molecule has 1 aliphatic rings. The van der Waals surface area contributed by atoms with Crippen LogP contribution in [0.5, 0.6) is 0 Å². The van der Waals surface area contributed by atoms with Crippen LogP contribution in [0.15, 0.2) is 60.8 Å². The van der Waals surface area contributed by atoms with E-state index in [9.17, 15) is 14.7 Å². The van der Waals surface area contributed by atoms with Gasteiger partial charge < -0.3 is 20.2 Å². The van der Waals surface area contributed by atoms with E-state index >= 15 is 0 Å². The smallest absolute Gasteiger partial charge is 0.326 e. The predicted molar refractivity (Wildman–Crippen MR) is 140 cm³/mol. The minimum absolute atomic E-state index is 0.304. The quantitative estimate of drug-likeness (QED) is 0.439. The van der Waals surface area contributed by atoms with Gasteiger partial charge in [0.1, 0.15) is 18.0 Å². The number of carboxylic acid groups (broad SMARTS) is 1. The van der Waals surface area contributed by atoms with Gasteiger partial charge in [-0.3, -0.25) is 9.69 Å². The van der Waals surface area contributed by atoms with Crippen LogP contribution in [0.2, 0.25) is 0 Å². The summed E-state index contributed by atoms with van der Waals surface area (Å²) in [6, 6.07) is 17.6. The topological polar surface area (TPSA) is 113 Å². The van der Waals surface area contributed by atoms with Crippen LogP contribution in [0, 0.1) is 11.3 Å². The Hall–Kier alpha value is -4.58. The van der Waals surface area contributed by atoms with Gasteiger partial charge >= 0.3 is 5.97 Å². The SMILES string of the molecule is CCc1c(N(C=O)c2ccccn2)ccc2c1N([C@@H](C)C(=O)O)[C@H](CNc1ccc(C#N)cc1)N2C. The van der Waals surface area contributed by atoms with Crippen LogP contribution in [-0.4, -0.2) is 48.3 Å². The van der Waals surface area contributed by atoms with Gasteiger partial charge in [-0.2, -0.15) is 5.26 Å². The van der Waals surface area contributed by atoms with Crippen LogP contribution in [0.1, 0.15) is 25.0 Å². The number of hydrogen-bond acceptors (Lipinski definition) is 7. The molecule has 9 nitrogen and oxygen atoms in total. The van der Waals surface area contributed by atoms with Crippen molar-refractivity contribution in [2.75, 3.05) is 33.6 Å². The van der Waals surface area contributed by atoms with Gasteiger partial charge in [-0.15, -0.1) is 0 Å². The molecule has 1 aliphatic heterocycles. The van der Waals surface area contributed by atoms with Crippen LogP contribution >= 0.6 is 0 Å². The first-order valence-corrected chi connectivity index (χ1v) is 11.7. The molecule has 0 fully saturated rings. The first-order valence-electron chi connectivity index (χ1n) is 11.7. The fourth-order valence-electron chi connectivity index (χ4n) is 4.66. The van der Waals surface area contributed by atoms with E-state index in [1.807, 2.05) is 49.2 Å². The summed E-state index contributed by atoms with van der Waals surface area (Å²) >= 11 is 0. The molecule has 184 valence electrons. The molecule has 0 saturated carbocycles. The van der Waals surface area contributed by atoms with Gasteiger partial charge in [0.25, 0.3) is 0 Å². The number of benzene rings is 2. The number of likely N-dealkylation sites (N-methyl/N-ethyl adjacent to an activating group) is 1. The summed E-state index contributed by atoms with van der Waals surface area (Å²) in [6.07, 6.45) is 2.64. The number of aliphatic carboxylic acids is 1. The first kappa shape index (κ1) is 24.5. The molecular formula is C27H28N6O3. The number of rotatable bonds is 9. The van der Waals surface area contributed by atoms with Crippen molar-refractivity contribution in [3.63, 3.8) is 0 Å². The lowest BCUT2D eigenvalue weighted by Crippen LogP contribution is -2.52. The van der Waals surface area contributed by atoms with Gasteiger partial charge in [0.15, 0.2) is 0 Å². The number of carboxylic acids is 1. The average Bonchev–Trinajstić information content (AvgIpc) is 3.19. The van der Waals surface area contributed by atoms with E-state index in [2.05, 4.69) is 21.3 Å². The maximum Gasteiger partial charge on any atom is 0.326 e. The predicted octanol–water partition coefficient (Wildman–Crippen LogP) is 3.98. The minimum Gasteiger partial charge on any atom is -0.480 e. The molecule has 4 rings (SSSR count). The number of hydrogen-bond donors (Lipinski definition) is 2. The molecule has 2 heterocycles. The highest BCUT2D eigenvalue weighted by atomic mass is 16.4. The molecule has 0 radical (unpaired) electrons. The second kappa shape index (κ2) is 10.4. The molecule has 2 N–H and O–H groups in total. The molecule has 1 aromatic heterocycles. The van der Waals surface area contributed by atoms with Crippen molar-refractivity contribution >= 4 is 40.9 Å². The van der Waals surface area contributed by atoms with Gasteiger partial charge in [-0.1, -0.05) is 13.0 Å². The zero-order valence-electron chi connectivity index (χ0n) is 20.4. The number of nitriles is 1. The standard InChI is InChI=1S/C27H28N6O3/c1-4-21-22(32(17-34)24-7-5-6-14-29-24)12-13-23-26(21)33(18(2)27(35)36)25(31(23)3)16-30-20-10-8-19(15-28)9-11-20/h5-14,17-18,25,30H,4,16H2,1-3H3,(H,35,36)/t18-,25+/m0/s1. The van der Waals surface area contributed by atoms with Gasteiger partial charge in [-0.05, 0) is 61.9 Å². The number of pyridine rings is 1. The molecule has 0 bridgehead atoms. The molecule has 1 amide bonds. The van der Waals surface area contributed by atoms with Gasteiger partial charge in [0.2, 0.25) is 6.41 Å². The van der Waals surface area contributed by atoms with E-state index in [1.54, 1.807) is 37.4 Å². The van der Waals surface area contributed by atoms with Crippen LogP contribution in [-0.2, 0) is 16.0 Å². The van der Waals surface area contributed by atoms with E-state index in [0.717, 1.165) is 29.0 Å². The summed E-state index contributed by atoms with van der Waals surface area (Å²) in [6.45, 7) is 4.10. The Kier molecular flexibility index (Phi) is 7.06. The largest absolute Gasteiger partial charge is 0.480 e. The van der Waals surface area contributed by atoms with Crippen molar-refractivity contribution in [2.24, 2.45) is 0 Å². The normalized spacial score (nSPS) is 15.1. The summed E-state index contributed by atoms with van der Waals surface area (Å²) in [5.74, 6) is -0.450. The van der Waals surface area contributed by atoms with Gasteiger partial charge in [-0.25, -0.2) is 9.78 Å². The summed E-state index contributed by atoms with van der Waals surface area (Å²) in [5, 5.41) is 22.4. The Morgan fingerprint density at radius 1 is 1.25 bits per heavy atom. The molecule has 3 aromatic rings. The van der Waals surface area contributed by atoms with E-state index < -0.39 is 12.0 Å². The van der Waals surface area contributed by atoms with Crippen molar-refractivity contribution in [1.82, 2.24) is 4.98 Å². The molecule has 0 saturated heterocycles. The molecule has 0 aliphatic carbocycles. The van der Waals surface area contributed by atoms with E-state index in [1.165, 1.54) is 4.90 Å². The Morgan fingerprint density at radius 2 is 2.00 bits per heavy atom. The number of anilines is 5. The fourth-order valence-corrected chi connectivity index (χ4v) is 4.66. The van der Waals surface area contributed by atoms with E-state index in [-0.39, 0.29) is 6.17 Å². The third-order valence-corrected chi connectivity index (χ3v) is 6.54. The number of aromatic nitrogens is 1. The van der Waals surface area contributed by atoms with Crippen LogP contribution in [0.25, 0.3) is 0 Å². The average molecular weight is 485 g/mol. The fraction of sp³-hybridized carbons (Fsp3) is 0.259. The second-order valence-corrected chi connectivity index (χ2v) is 8.53. The van der Waals surface area contributed by atoms with Crippen LogP contribution in [0.4, 0.5) is 28.6 Å². The molecular weight excluding hydrogens is 456 g/mol. The summed E-state index contributed by atoms with van der Waals surface area (Å²) in [7, 11) is 1.94. The number of carbonyl (C=O) groups is 2. The van der Waals surface area contributed by atoms with E-state index in [0.29, 0.717) is 30.0 Å². The lowest BCUT2D eigenvalue weighted by atomic mass is 10.0. The highest BCUT2D eigenvalue weighted by molar-refractivity contribution is 5.95. The minimum atomic E-state index is -0.941. The number of carbonyl (C=O) groups excluding carboxylic acids is 1. The lowest BCUT2D eigenvalue weighted by Gasteiger charge is -2.34. The third kappa shape index (κ3) is 4.41. The number of fused-ring (bicyclic) bond motifs is 1. The molecule has 2 atom stereocenters. The maximum absolute atomic E-state index is 12.2. The van der Waals surface area contributed by atoms with Crippen molar-refractivity contribution in [1.29, 1.82) is 5.26 Å². The second-order valence-electron chi connectivity index (χ2n) is 8.53. The molecule has 0 unspecified atom stereocenters. The third-order valence-electron chi connectivity index (χ3n) is 6.54. The van der Waals surface area contributed by atoms with Crippen LogP contribution < -0.4 is 20.0 Å². The van der Waals surface area contributed by atoms with Gasteiger partial charge in [0.05, 0.1) is 35.2 Å². The summed E-state index contributed by atoms with van der Waals surface area (Å²) in [4.78, 5) is 34.1. The zero-order chi connectivity index (χ0) is 25.8. The molecule has 9 heteroatoms. The Bertz CT molecular complexity index is 1290. The Morgan fingerprint density at radius 3 is 2.58 bits per heavy atom. The Labute approximate surface area is 210 Å². The van der Waals surface area contributed by atoms with Crippen LogP contribution in [0.3, 0.4) is 0 Å². The Balaban J connectivity index is 1.76. The monoisotopic (exact) mass is 484 g/mol. The highest BCUT2D eigenvalue weighted by Crippen LogP contribution is 2.47. The highest BCUT2D eigenvalue weighted by Gasteiger charge is 2.41. The number of nitrogens with one attached hydrogen (secondary N) is 1. The maximum atomic E-state index is 12.2. The van der Waals surface area contributed by atoms with E-state index in [4.69, 9.17) is 5.26 Å². The molecule has 36 heavy (non-hydrogen) atoms.